The lowest BCUT2D eigenvalue weighted by Crippen LogP contribution is -2.50. The molecule has 0 aromatic heterocycles. The van der Waals surface area contributed by atoms with Gasteiger partial charge < -0.3 is 11.1 Å². The van der Waals surface area contributed by atoms with Crippen LogP contribution in [0.5, 0.6) is 0 Å². The van der Waals surface area contributed by atoms with Crippen molar-refractivity contribution in [1.29, 1.82) is 0 Å². The average molecular weight is 182 g/mol. The third kappa shape index (κ3) is 2.02. The zero-order valence-corrected chi connectivity index (χ0v) is 8.18. The van der Waals surface area contributed by atoms with Crippen molar-refractivity contribution in [3.05, 3.63) is 0 Å². The first kappa shape index (κ1) is 9.00. The molecule has 2 aliphatic rings. The summed E-state index contributed by atoms with van der Waals surface area (Å²) in [5, 5.41) is 3.01. The number of nitrogens with one attached hydrogen (secondary N) is 1. The van der Waals surface area contributed by atoms with Crippen LogP contribution in [0.3, 0.4) is 0 Å². The van der Waals surface area contributed by atoms with Crippen molar-refractivity contribution >= 4 is 5.91 Å². The van der Waals surface area contributed by atoms with Gasteiger partial charge in [-0.3, -0.25) is 4.79 Å². The van der Waals surface area contributed by atoms with Gasteiger partial charge in [-0.05, 0) is 31.6 Å². The summed E-state index contributed by atoms with van der Waals surface area (Å²) in [4.78, 5) is 11.5. The van der Waals surface area contributed by atoms with E-state index in [0.717, 1.165) is 19.3 Å². The molecule has 1 amide bonds. The second kappa shape index (κ2) is 2.98. The fraction of sp³-hybridized carbons (Fsp3) is 0.900. The molecule has 3 nitrogen and oxygen atoms in total. The van der Waals surface area contributed by atoms with E-state index < -0.39 is 0 Å². The third-order valence-corrected chi connectivity index (χ3v) is 3.32. The Labute approximate surface area is 79.1 Å². The van der Waals surface area contributed by atoms with E-state index >= 15 is 0 Å². The first-order valence-corrected chi connectivity index (χ1v) is 5.17. The molecule has 2 aliphatic carbocycles. The van der Waals surface area contributed by atoms with Crippen LogP contribution >= 0.6 is 0 Å². The molecule has 2 unspecified atom stereocenters. The quantitative estimate of drug-likeness (QED) is 0.677. The summed E-state index contributed by atoms with van der Waals surface area (Å²) >= 11 is 0. The van der Waals surface area contributed by atoms with E-state index in [1.165, 1.54) is 6.42 Å². The summed E-state index contributed by atoms with van der Waals surface area (Å²) in [6, 6.07) is 0.441. The minimum atomic E-state index is -0.164. The van der Waals surface area contributed by atoms with E-state index in [1.54, 1.807) is 0 Å². The predicted octanol–water partition coefficient (Wildman–Crippen LogP) is 0.782. The molecule has 0 heterocycles. The zero-order chi connectivity index (χ0) is 9.47. The molecule has 0 aliphatic heterocycles. The van der Waals surface area contributed by atoms with Crippen molar-refractivity contribution < 1.29 is 4.79 Å². The largest absolute Gasteiger partial charge is 0.353 e. The van der Waals surface area contributed by atoms with Crippen LogP contribution in [0.2, 0.25) is 0 Å². The molecule has 2 fully saturated rings. The van der Waals surface area contributed by atoms with Crippen LogP contribution in [0.4, 0.5) is 0 Å². The highest BCUT2D eigenvalue weighted by Gasteiger charge is 2.38. The molecule has 13 heavy (non-hydrogen) atoms. The molecule has 0 aromatic carbocycles. The zero-order valence-electron chi connectivity index (χ0n) is 8.18. The maximum atomic E-state index is 11.5. The SMILES string of the molecule is CC1CC1NC(=O)CC1(N)CCC1. The summed E-state index contributed by atoms with van der Waals surface area (Å²) in [5.74, 6) is 0.829. The van der Waals surface area contributed by atoms with Crippen LogP contribution in [0.15, 0.2) is 0 Å². The van der Waals surface area contributed by atoms with Gasteiger partial charge in [0.05, 0.1) is 0 Å². The van der Waals surface area contributed by atoms with Gasteiger partial charge >= 0.3 is 0 Å². The second-order valence-electron chi connectivity index (χ2n) is 4.78. The summed E-state index contributed by atoms with van der Waals surface area (Å²) in [7, 11) is 0. The number of rotatable bonds is 3. The Morgan fingerprint density at radius 3 is 2.62 bits per heavy atom. The Hall–Kier alpha value is -0.570. The topological polar surface area (TPSA) is 55.1 Å². The fourth-order valence-electron chi connectivity index (χ4n) is 1.91. The van der Waals surface area contributed by atoms with Crippen molar-refractivity contribution in [3.8, 4) is 0 Å². The van der Waals surface area contributed by atoms with Gasteiger partial charge in [-0.2, -0.15) is 0 Å². The van der Waals surface area contributed by atoms with Gasteiger partial charge in [0.15, 0.2) is 0 Å². The highest BCUT2D eigenvalue weighted by atomic mass is 16.1. The third-order valence-electron chi connectivity index (χ3n) is 3.32. The summed E-state index contributed by atoms with van der Waals surface area (Å²) in [6.45, 7) is 2.16. The fourth-order valence-corrected chi connectivity index (χ4v) is 1.91. The number of hydrogen-bond donors (Lipinski definition) is 2. The minimum Gasteiger partial charge on any atom is -0.353 e. The Kier molecular flexibility index (Phi) is 2.06. The summed E-state index contributed by atoms with van der Waals surface area (Å²) < 4.78 is 0. The molecule has 3 N–H and O–H groups in total. The van der Waals surface area contributed by atoms with E-state index in [2.05, 4.69) is 12.2 Å². The maximum absolute atomic E-state index is 11.5. The molecule has 0 radical (unpaired) electrons. The summed E-state index contributed by atoms with van der Waals surface area (Å²) in [6.07, 6.45) is 4.88. The van der Waals surface area contributed by atoms with E-state index in [-0.39, 0.29) is 11.4 Å². The van der Waals surface area contributed by atoms with Gasteiger partial charge in [0.1, 0.15) is 0 Å². The van der Waals surface area contributed by atoms with Crippen molar-refractivity contribution in [2.24, 2.45) is 11.7 Å². The van der Waals surface area contributed by atoms with Gasteiger partial charge in [-0.25, -0.2) is 0 Å². The van der Waals surface area contributed by atoms with E-state index in [1.807, 2.05) is 0 Å². The number of carbonyl (C=O) groups excluding carboxylic acids is 1. The molecule has 0 spiro atoms. The van der Waals surface area contributed by atoms with Crippen LogP contribution in [0, 0.1) is 5.92 Å². The lowest BCUT2D eigenvalue weighted by Gasteiger charge is -2.37. The highest BCUT2D eigenvalue weighted by molar-refractivity contribution is 5.78. The Bertz CT molecular complexity index is 223. The maximum Gasteiger partial charge on any atom is 0.222 e. The van der Waals surface area contributed by atoms with Crippen LogP contribution in [-0.2, 0) is 4.79 Å². The van der Waals surface area contributed by atoms with E-state index in [0.29, 0.717) is 18.4 Å². The number of amides is 1. The molecule has 0 aromatic rings. The van der Waals surface area contributed by atoms with Crippen LogP contribution in [0.25, 0.3) is 0 Å². The summed E-state index contributed by atoms with van der Waals surface area (Å²) in [5.41, 5.74) is 5.81. The number of carbonyl (C=O) groups is 1. The molecule has 74 valence electrons. The normalized spacial score (nSPS) is 34.9. The van der Waals surface area contributed by atoms with E-state index in [9.17, 15) is 4.79 Å². The smallest absolute Gasteiger partial charge is 0.222 e. The standard InChI is InChI=1S/C10H18N2O/c1-7-5-8(7)12-9(13)6-10(11)3-2-4-10/h7-8H,2-6,11H2,1H3,(H,12,13). The molecule has 2 rings (SSSR count). The molecule has 0 bridgehead atoms. The second-order valence-corrected chi connectivity index (χ2v) is 4.78. The average Bonchev–Trinajstić information content (AvgIpc) is 2.63. The lowest BCUT2D eigenvalue weighted by atomic mass is 9.75. The minimum absolute atomic E-state index is 0.150. The Morgan fingerprint density at radius 2 is 2.23 bits per heavy atom. The number of hydrogen-bond acceptors (Lipinski definition) is 2. The van der Waals surface area contributed by atoms with Crippen LogP contribution in [0.1, 0.15) is 39.0 Å². The molecular formula is C10H18N2O. The highest BCUT2D eigenvalue weighted by Crippen LogP contribution is 2.33. The monoisotopic (exact) mass is 182 g/mol. The van der Waals surface area contributed by atoms with Gasteiger partial charge in [0.2, 0.25) is 5.91 Å². The Morgan fingerprint density at radius 1 is 1.62 bits per heavy atom. The molecule has 0 saturated heterocycles. The Balaban J connectivity index is 1.72. The molecule has 2 atom stereocenters. The van der Waals surface area contributed by atoms with Crippen molar-refractivity contribution in [2.75, 3.05) is 0 Å². The first-order valence-electron chi connectivity index (χ1n) is 5.17. The lowest BCUT2D eigenvalue weighted by molar-refractivity contribution is -0.123. The van der Waals surface area contributed by atoms with Crippen molar-refractivity contribution in [2.45, 2.75) is 50.6 Å². The predicted molar refractivity (Wildman–Crippen MR) is 51.1 cm³/mol. The molecular weight excluding hydrogens is 164 g/mol. The molecule has 2 saturated carbocycles. The van der Waals surface area contributed by atoms with Gasteiger partial charge in [-0.1, -0.05) is 6.92 Å². The van der Waals surface area contributed by atoms with Gasteiger partial charge in [0.25, 0.3) is 0 Å². The van der Waals surface area contributed by atoms with E-state index in [4.69, 9.17) is 5.73 Å². The number of nitrogens with two attached hydrogens (primary N) is 1. The van der Waals surface area contributed by atoms with Crippen LogP contribution in [-0.4, -0.2) is 17.5 Å². The van der Waals surface area contributed by atoms with Gasteiger partial charge in [-0.15, -0.1) is 0 Å². The first-order chi connectivity index (χ1) is 6.09. The van der Waals surface area contributed by atoms with Crippen molar-refractivity contribution in [1.82, 2.24) is 5.32 Å². The van der Waals surface area contributed by atoms with Crippen molar-refractivity contribution in [3.63, 3.8) is 0 Å². The molecule has 3 heteroatoms. The van der Waals surface area contributed by atoms with Crippen LogP contribution < -0.4 is 11.1 Å². The van der Waals surface area contributed by atoms with Gasteiger partial charge in [0, 0.05) is 18.0 Å².